The molecule has 0 bridgehead atoms. The molecular weight excluding hydrogens is 164 g/mol. The molecule has 0 aliphatic carbocycles. The van der Waals surface area contributed by atoms with E-state index in [9.17, 15) is 4.79 Å². The summed E-state index contributed by atoms with van der Waals surface area (Å²) in [5, 5.41) is 0. The third kappa shape index (κ3) is 2.75. The highest BCUT2D eigenvalue weighted by Gasteiger charge is 2.06. The Morgan fingerprint density at radius 1 is 1.38 bits per heavy atom. The van der Waals surface area contributed by atoms with Crippen molar-refractivity contribution in [1.29, 1.82) is 0 Å². The number of hydrogen-bond donors (Lipinski definition) is 0. The quantitative estimate of drug-likeness (QED) is 0.523. The second-order valence-corrected chi connectivity index (χ2v) is 2.65. The van der Waals surface area contributed by atoms with E-state index in [1.54, 1.807) is 24.3 Å². The van der Waals surface area contributed by atoms with Crippen molar-refractivity contribution >= 4 is 5.97 Å². The van der Waals surface area contributed by atoms with Gasteiger partial charge < -0.3 is 4.74 Å². The molecule has 0 aliphatic rings. The van der Waals surface area contributed by atoms with Crippen LogP contribution in [0.4, 0.5) is 0 Å². The summed E-state index contributed by atoms with van der Waals surface area (Å²) in [6, 6.07) is 8.87. The number of ether oxygens (including phenoxy) is 1. The van der Waals surface area contributed by atoms with Crippen LogP contribution in [-0.2, 0) is 4.74 Å². The van der Waals surface area contributed by atoms with Crippen LogP contribution >= 0.6 is 0 Å². The maximum absolute atomic E-state index is 11.3. The minimum absolute atomic E-state index is 0.340. The first-order valence-corrected chi connectivity index (χ1v) is 4.19. The van der Waals surface area contributed by atoms with E-state index in [-0.39, 0.29) is 5.97 Å². The van der Waals surface area contributed by atoms with Crippen molar-refractivity contribution in [3.63, 3.8) is 0 Å². The number of allylic oxidation sites excluding steroid dienone is 1. The number of rotatable bonds is 3. The van der Waals surface area contributed by atoms with Crippen LogP contribution in [-0.4, -0.2) is 5.97 Å². The molecule has 0 atom stereocenters. The molecule has 0 radical (unpaired) electrons. The summed E-state index contributed by atoms with van der Waals surface area (Å²) < 4.78 is 4.95. The third-order valence-corrected chi connectivity index (χ3v) is 1.64. The Morgan fingerprint density at radius 2 is 2.00 bits per heavy atom. The van der Waals surface area contributed by atoms with Gasteiger partial charge in [-0.25, -0.2) is 4.79 Å². The van der Waals surface area contributed by atoms with Crippen molar-refractivity contribution in [1.82, 2.24) is 0 Å². The highest BCUT2D eigenvalue weighted by molar-refractivity contribution is 5.89. The van der Waals surface area contributed by atoms with Crippen LogP contribution in [0.2, 0.25) is 0 Å². The molecule has 0 fully saturated rings. The van der Waals surface area contributed by atoms with E-state index in [1.165, 1.54) is 0 Å². The average Bonchev–Trinajstić information content (AvgIpc) is 2.19. The summed E-state index contributed by atoms with van der Waals surface area (Å²) >= 11 is 0. The van der Waals surface area contributed by atoms with Gasteiger partial charge in [0.1, 0.15) is 5.76 Å². The summed E-state index contributed by atoms with van der Waals surface area (Å²) in [7, 11) is 0. The number of carbonyl (C=O) groups excluding carboxylic acids is 1. The van der Waals surface area contributed by atoms with Crippen LogP contribution in [0.15, 0.2) is 42.7 Å². The van der Waals surface area contributed by atoms with Gasteiger partial charge in [0.25, 0.3) is 0 Å². The Hall–Kier alpha value is -1.57. The summed E-state index contributed by atoms with van der Waals surface area (Å²) in [5.74, 6) is 0.154. The van der Waals surface area contributed by atoms with Crippen molar-refractivity contribution in [3.05, 3.63) is 48.2 Å². The molecule has 0 saturated carbocycles. The maximum atomic E-state index is 11.3. The standard InChI is InChI=1S/C11H12O2/c1-3-9(2)13-11(12)10-7-5-4-6-8-10/h4-8H,2-3H2,1H3. The summed E-state index contributed by atoms with van der Waals surface area (Å²) in [6.07, 6.45) is 0.651. The number of carbonyl (C=O) groups is 1. The molecule has 0 saturated heterocycles. The number of hydrogen-bond acceptors (Lipinski definition) is 2. The largest absolute Gasteiger partial charge is 0.428 e. The Bertz CT molecular complexity index is 301. The van der Waals surface area contributed by atoms with Crippen molar-refractivity contribution in [2.75, 3.05) is 0 Å². The fourth-order valence-electron chi connectivity index (χ4n) is 0.836. The van der Waals surface area contributed by atoms with Crippen molar-refractivity contribution in [3.8, 4) is 0 Å². The molecule has 2 nitrogen and oxygen atoms in total. The summed E-state index contributed by atoms with van der Waals surface area (Å²) in [4.78, 5) is 11.3. The van der Waals surface area contributed by atoms with Gasteiger partial charge in [-0.05, 0) is 12.1 Å². The van der Waals surface area contributed by atoms with Crippen LogP contribution in [0.3, 0.4) is 0 Å². The van der Waals surface area contributed by atoms with E-state index < -0.39 is 0 Å². The predicted molar refractivity (Wildman–Crippen MR) is 51.3 cm³/mol. The first kappa shape index (κ1) is 9.52. The lowest BCUT2D eigenvalue weighted by molar-refractivity contribution is 0.0618. The van der Waals surface area contributed by atoms with Gasteiger partial charge in [0.2, 0.25) is 0 Å². The minimum Gasteiger partial charge on any atom is -0.428 e. The molecule has 2 heteroatoms. The van der Waals surface area contributed by atoms with Crippen LogP contribution in [0.1, 0.15) is 23.7 Å². The third-order valence-electron chi connectivity index (χ3n) is 1.64. The molecule has 0 aromatic heterocycles. The van der Waals surface area contributed by atoms with E-state index in [1.807, 2.05) is 13.0 Å². The Morgan fingerprint density at radius 3 is 2.54 bits per heavy atom. The normalized spacial score (nSPS) is 9.31. The Labute approximate surface area is 77.8 Å². The van der Waals surface area contributed by atoms with E-state index >= 15 is 0 Å². The van der Waals surface area contributed by atoms with Gasteiger partial charge >= 0.3 is 5.97 Å². The smallest absolute Gasteiger partial charge is 0.343 e. The van der Waals surface area contributed by atoms with Crippen LogP contribution < -0.4 is 0 Å². The number of benzene rings is 1. The molecule has 0 amide bonds. The van der Waals surface area contributed by atoms with E-state index in [4.69, 9.17) is 4.74 Å². The van der Waals surface area contributed by atoms with Crippen molar-refractivity contribution in [2.45, 2.75) is 13.3 Å². The zero-order valence-electron chi connectivity index (χ0n) is 7.62. The SMILES string of the molecule is C=C(CC)OC(=O)c1ccccc1. The van der Waals surface area contributed by atoms with Gasteiger partial charge in [0.05, 0.1) is 5.56 Å². The van der Waals surface area contributed by atoms with Gasteiger partial charge in [-0.3, -0.25) is 0 Å². The van der Waals surface area contributed by atoms with Crippen LogP contribution in [0.5, 0.6) is 0 Å². The zero-order chi connectivity index (χ0) is 9.68. The van der Waals surface area contributed by atoms with Gasteiger partial charge in [-0.15, -0.1) is 0 Å². The zero-order valence-corrected chi connectivity index (χ0v) is 7.62. The van der Waals surface area contributed by atoms with Crippen molar-refractivity contribution in [2.24, 2.45) is 0 Å². The average molecular weight is 176 g/mol. The monoisotopic (exact) mass is 176 g/mol. The van der Waals surface area contributed by atoms with Gasteiger partial charge in [0, 0.05) is 6.42 Å². The highest BCUT2D eigenvalue weighted by atomic mass is 16.5. The van der Waals surface area contributed by atoms with Gasteiger partial charge in [0.15, 0.2) is 0 Å². The highest BCUT2D eigenvalue weighted by Crippen LogP contribution is 2.06. The second-order valence-electron chi connectivity index (χ2n) is 2.65. The molecule has 1 aromatic carbocycles. The molecule has 0 heterocycles. The molecule has 1 aromatic rings. The van der Waals surface area contributed by atoms with E-state index in [0.717, 1.165) is 0 Å². The topological polar surface area (TPSA) is 26.3 Å². The summed E-state index contributed by atoms with van der Waals surface area (Å²) in [6.45, 7) is 5.49. The first-order chi connectivity index (χ1) is 6.24. The molecular formula is C11H12O2. The van der Waals surface area contributed by atoms with Gasteiger partial charge in [-0.2, -0.15) is 0 Å². The molecule has 1 rings (SSSR count). The van der Waals surface area contributed by atoms with E-state index in [2.05, 4.69) is 6.58 Å². The van der Waals surface area contributed by atoms with Gasteiger partial charge in [-0.1, -0.05) is 31.7 Å². The second kappa shape index (κ2) is 4.45. The molecule has 0 unspecified atom stereocenters. The summed E-state index contributed by atoms with van der Waals surface area (Å²) in [5.41, 5.74) is 0.553. The van der Waals surface area contributed by atoms with Crippen LogP contribution in [0, 0.1) is 0 Å². The lowest BCUT2D eigenvalue weighted by Crippen LogP contribution is -2.03. The first-order valence-electron chi connectivity index (χ1n) is 4.19. The maximum Gasteiger partial charge on any atom is 0.343 e. The van der Waals surface area contributed by atoms with E-state index in [0.29, 0.717) is 17.7 Å². The molecule has 68 valence electrons. The molecule has 0 aliphatic heterocycles. The van der Waals surface area contributed by atoms with Crippen molar-refractivity contribution < 1.29 is 9.53 Å². The minimum atomic E-state index is -0.340. The predicted octanol–water partition coefficient (Wildman–Crippen LogP) is 2.77. The Kier molecular flexibility index (Phi) is 3.26. The fourth-order valence-corrected chi connectivity index (χ4v) is 0.836. The molecule has 0 spiro atoms. The molecule has 0 N–H and O–H groups in total. The Balaban J connectivity index is 2.65. The number of esters is 1. The lowest BCUT2D eigenvalue weighted by Gasteiger charge is -2.03. The molecule has 13 heavy (non-hydrogen) atoms. The lowest BCUT2D eigenvalue weighted by atomic mass is 10.2. The van der Waals surface area contributed by atoms with Crippen LogP contribution in [0.25, 0.3) is 0 Å². The fraction of sp³-hybridized carbons (Fsp3) is 0.182.